The molecule has 1 aliphatic rings. The number of nitriles is 1. The number of ether oxygens (including phenoxy) is 4. The highest BCUT2D eigenvalue weighted by Gasteiger charge is 2.31. The van der Waals surface area contributed by atoms with Crippen molar-refractivity contribution in [2.24, 2.45) is 5.73 Å². The standard InChI is InChI=1S/C28H23ClN2O5/c1-3-11-33-19-6-4-5-18(13-19)27-22-9-7-21(14-25(22)36-28(31)23(27)15-30)35-26(32)16-34-20-8-10-24(29)17(2)12-20/h3-10,12-14,27H,1,11,16,31H2,2H3. The van der Waals surface area contributed by atoms with E-state index in [0.717, 1.165) is 11.1 Å². The molecular formula is C28H23ClN2O5. The first kappa shape index (κ1) is 24.7. The lowest BCUT2D eigenvalue weighted by Crippen LogP contribution is -2.21. The molecule has 0 saturated heterocycles. The van der Waals surface area contributed by atoms with E-state index in [1.807, 2.05) is 31.2 Å². The summed E-state index contributed by atoms with van der Waals surface area (Å²) in [7, 11) is 0. The van der Waals surface area contributed by atoms with Crippen LogP contribution in [0, 0.1) is 18.3 Å². The maximum Gasteiger partial charge on any atom is 0.349 e. The largest absolute Gasteiger partial charge is 0.490 e. The lowest BCUT2D eigenvalue weighted by atomic mass is 9.83. The molecule has 7 nitrogen and oxygen atoms in total. The first-order chi connectivity index (χ1) is 17.4. The molecule has 182 valence electrons. The number of esters is 1. The van der Waals surface area contributed by atoms with Gasteiger partial charge in [0.25, 0.3) is 0 Å². The minimum Gasteiger partial charge on any atom is -0.490 e. The molecule has 3 aromatic rings. The van der Waals surface area contributed by atoms with Crippen LogP contribution < -0.4 is 24.7 Å². The van der Waals surface area contributed by atoms with Gasteiger partial charge in [-0.15, -0.1) is 0 Å². The number of hydrogen-bond acceptors (Lipinski definition) is 7. The summed E-state index contributed by atoms with van der Waals surface area (Å²) in [5, 5.41) is 10.4. The van der Waals surface area contributed by atoms with E-state index >= 15 is 0 Å². The third kappa shape index (κ3) is 5.45. The first-order valence-electron chi connectivity index (χ1n) is 11.0. The Kier molecular flexibility index (Phi) is 7.47. The fraction of sp³-hybridized carbons (Fsp3) is 0.143. The molecule has 0 bridgehead atoms. The SMILES string of the molecule is C=CCOc1cccc(C2C(C#N)=C(N)Oc3cc(OC(=O)COc4ccc(Cl)c(C)c4)ccc32)c1. The van der Waals surface area contributed by atoms with Crippen LogP contribution in [0.4, 0.5) is 0 Å². The quantitative estimate of drug-likeness (QED) is 0.249. The van der Waals surface area contributed by atoms with Gasteiger partial charge in [0.1, 0.15) is 41.2 Å². The van der Waals surface area contributed by atoms with E-state index in [2.05, 4.69) is 12.6 Å². The third-order valence-electron chi connectivity index (χ3n) is 5.47. The molecule has 0 amide bonds. The molecular weight excluding hydrogens is 480 g/mol. The van der Waals surface area contributed by atoms with Crippen LogP contribution >= 0.6 is 11.6 Å². The van der Waals surface area contributed by atoms with Gasteiger partial charge >= 0.3 is 5.97 Å². The van der Waals surface area contributed by atoms with E-state index in [4.69, 9.17) is 36.3 Å². The molecule has 0 saturated carbocycles. The van der Waals surface area contributed by atoms with E-state index < -0.39 is 11.9 Å². The van der Waals surface area contributed by atoms with Gasteiger partial charge in [0.15, 0.2) is 6.61 Å². The van der Waals surface area contributed by atoms with Gasteiger partial charge in [0, 0.05) is 16.7 Å². The van der Waals surface area contributed by atoms with Crippen molar-refractivity contribution in [3.05, 3.63) is 106 Å². The molecule has 0 fully saturated rings. The summed E-state index contributed by atoms with van der Waals surface area (Å²) < 4.78 is 22.3. The average Bonchev–Trinajstić information content (AvgIpc) is 2.87. The predicted octanol–water partition coefficient (Wildman–Crippen LogP) is 5.42. The number of aryl methyl sites for hydroxylation is 1. The summed E-state index contributed by atoms with van der Waals surface area (Å²) >= 11 is 6.02. The number of fused-ring (bicyclic) bond motifs is 1. The molecule has 0 radical (unpaired) electrons. The molecule has 0 spiro atoms. The topological polar surface area (TPSA) is 104 Å². The lowest BCUT2D eigenvalue weighted by molar-refractivity contribution is -0.136. The second kappa shape index (κ2) is 10.9. The molecule has 8 heteroatoms. The molecule has 0 aliphatic carbocycles. The van der Waals surface area contributed by atoms with Crippen LogP contribution in [0.1, 0.15) is 22.6 Å². The molecule has 0 aromatic heterocycles. The second-order valence-corrected chi connectivity index (χ2v) is 8.38. The van der Waals surface area contributed by atoms with E-state index in [1.165, 1.54) is 0 Å². The highest BCUT2D eigenvalue weighted by molar-refractivity contribution is 6.31. The summed E-state index contributed by atoms with van der Waals surface area (Å²) in [6.07, 6.45) is 1.65. The zero-order valence-electron chi connectivity index (χ0n) is 19.5. The van der Waals surface area contributed by atoms with Crippen molar-refractivity contribution >= 4 is 17.6 Å². The minimum atomic E-state index is -0.594. The van der Waals surface area contributed by atoms with E-state index in [9.17, 15) is 10.1 Å². The minimum absolute atomic E-state index is 0.0164. The van der Waals surface area contributed by atoms with E-state index in [1.54, 1.807) is 42.5 Å². The fourth-order valence-electron chi connectivity index (χ4n) is 3.79. The molecule has 1 heterocycles. The molecule has 2 N–H and O–H groups in total. The van der Waals surface area contributed by atoms with Gasteiger partial charge in [0.2, 0.25) is 5.88 Å². The Morgan fingerprint density at radius 2 is 1.92 bits per heavy atom. The van der Waals surface area contributed by atoms with Crippen molar-refractivity contribution in [3.8, 4) is 29.1 Å². The average molecular weight is 503 g/mol. The summed E-state index contributed by atoms with van der Waals surface area (Å²) in [6, 6.07) is 19.6. The number of nitrogens with zero attached hydrogens (tertiary/aromatic N) is 1. The number of nitrogens with two attached hydrogens (primary N) is 1. The maximum atomic E-state index is 12.4. The van der Waals surface area contributed by atoms with Crippen molar-refractivity contribution in [2.75, 3.05) is 13.2 Å². The highest BCUT2D eigenvalue weighted by atomic mass is 35.5. The Balaban J connectivity index is 1.54. The molecule has 3 aromatic carbocycles. The highest BCUT2D eigenvalue weighted by Crippen LogP contribution is 2.44. The van der Waals surface area contributed by atoms with Gasteiger partial charge in [-0.3, -0.25) is 0 Å². The molecule has 1 aliphatic heterocycles. The van der Waals surface area contributed by atoms with Gasteiger partial charge in [-0.05, 0) is 54.4 Å². The van der Waals surface area contributed by atoms with Crippen molar-refractivity contribution in [1.29, 1.82) is 5.26 Å². The van der Waals surface area contributed by atoms with Gasteiger partial charge < -0.3 is 24.7 Å². The Labute approximate surface area is 213 Å². The third-order valence-corrected chi connectivity index (χ3v) is 5.89. The Morgan fingerprint density at radius 3 is 2.67 bits per heavy atom. The second-order valence-electron chi connectivity index (χ2n) is 7.97. The van der Waals surface area contributed by atoms with Crippen molar-refractivity contribution < 1.29 is 23.7 Å². The van der Waals surface area contributed by atoms with Crippen LogP contribution in [0.15, 0.2) is 84.8 Å². The van der Waals surface area contributed by atoms with Crippen LogP contribution in [0.5, 0.6) is 23.0 Å². The number of carbonyl (C=O) groups excluding carboxylic acids is 1. The van der Waals surface area contributed by atoms with E-state index in [0.29, 0.717) is 34.4 Å². The molecule has 36 heavy (non-hydrogen) atoms. The van der Waals surface area contributed by atoms with Crippen molar-refractivity contribution in [3.63, 3.8) is 0 Å². The number of benzene rings is 3. The van der Waals surface area contributed by atoms with Crippen LogP contribution in [0.2, 0.25) is 5.02 Å². The Bertz CT molecular complexity index is 1390. The predicted molar refractivity (Wildman–Crippen MR) is 135 cm³/mol. The number of carbonyl (C=O) groups is 1. The van der Waals surface area contributed by atoms with Crippen molar-refractivity contribution in [1.82, 2.24) is 0 Å². The summed E-state index contributed by atoms with van der Waals surface area (Å²) in [6.45, 7) is 5.56. The van der Waals surface area contributed by atoms with Gasteiger partial charge in [0.05, 0.1) is 5.92 Å². The molecule has 4 rings (SSSR count). The van der Waals surface area contributed by atoms with Crippen LogP contribution in [-0.4, -0.2) is 19.2 Å². The van der Waals surface area contributed by atoms with Crippen LogP contribution in [0.25, 0.3) is 0 Å². The lowest BCUT2D eigenvalue weighted by Gasteiger charge is -2.27. The normalized spacial score (nSPS) is 14.2. The maximum absolute atomic E-state index is 12.4. The van der Waals surface area contributed by atoms with Gasteiger partial charge in [-0.1, -0.05) is 42.5 Å². The van der Waals surface area contributed by atoms with Gasteiger partial charge in [-0.2, -0.15) is 5.26 Å². The van der Waals surface area contributed by atoms with E-state index in [-0.39, 0.29) is 23.8 Å². The summed E-state index contributed by atoms with van der Waals surface area (Å²) in [5.74, 6) is 0.690. The van der Waals surface area contributed by atoms with Crippen LogP contribution in [0.3, 0.4) is 0 Å². The zero-order valence-corrected chi connectivity index (χ0v) is 20.2. The summed E-state index contributed by atoms with van der Waals surface area (Å²) in [5.41, 5.74) is 8.71. The van der Waals surface area contributed by atoms with Crippen molar-refractivity contribution in [2.45, 2.75) is 12.8 Å². The Morgan fingerprint density at radius 1 is 1.14 bits per heavy atom. The monoisotopic (exact) mass is 502 g/mol. The number of halogens is 1. The zero-order chi connectivity index (χ0) is 25.7. The number of rotatable bonds is 8. The fourth-order valence-corrected chi connectivity index (χ4v) is 3.91. The summed E-state index contributed by atoms with van der Waals surface area (Å²) in [4.78, 5) is 12.4. The Hall–Kier alpha value is -4.41. The van der Waals surface area contributed by atoms with Crippen LogP contribution in [-0.2, 0) is 4.79 Å². The molecule has 1 unspecified atom stereocenters. The smallest absolute Gasteiger partial charge is 0.349 e. The first-order valence-corrected chi connectivity index (χ1v) is 11.4. The molecule has 1 atom stereocenters. The number of allylic oxidation sites excluding steroid dienone is 1. The number of hydrogen-bond donors (Lipinski definition) is 1. The van der Waals surface area contributed by atoms with Gasteiger partial charge in [-0.25, -0.2) is 4.79 Å².